The van der Waals surface area contributed by atoms with Gasteiger partial charge in [-0.2, -0.15) is 0 Å². The number of carbonyl (C=O) groups is 1. The van der Waals surface area contributed by atoms with Crippen molar-refractivity contribution in [2.45, 2.75) is 26.2 Å². The van der Waals surface area contributed by atoms with Crippen molar-refractivity contribution in [2.75, 3.05) is 6.54 Å². The predicted octanol–water partition coefficient (Wildman–Crippen LogP) is 4.29. The average Bonchev–Trinajstić information content (AvgIpc) is 2.58. The lowest BCUT2D eigenvalue weighted by molar-refractivity contribution is -0.117. The number of nitrogens with one attached hydrogen (secondary N) is 1. The molecule has 0 aliphatic carbocycles. The summed E-state index contributed by atoms with van der Waals surface area (Å²) in [4.78, 5) is 12.2. The summed E-state index contributed by atoms with van der Waals surface area (Å²) < 4.78 is 0. The molecule has 0 radical (unpaired) electrons. The lowest BCUT2D eigenvalue weighted by Gasteiger charge is -2.19. The quantitative estimate of drug-likeness (QED) is 0.791. The summed E-state index contributed by atoms with van der Waals surface area (Å²) in [6, 6.07) is 20.6. The Hall–Kier alpha value is -2.35. The maximum absolute atomic E-state index is 12.2. The summed E-state index contributed by atoms with van der Waals surface area (Å²) in [6.45, 7) is 4.51. The van der Waals surface area contributed by atoms with Gasteiger partial charge in [-0.25, -0.2) is 0 Å². The molecule has 0 aliphatic rings. The summed E-state index contributed by atoms with van der Waals surface area (Å²) in [6.07, 6.45) is 2.64. The molecule has 2 heteroatoms. The van der Waals surface area contributed by atoms with E-state index >= 15 is 0 Å². The fourth-order valence-corrected chi connectivity index (χ4v) is 2.60. The first-order chi connectivity index (χ1) is 10.8. The van der Waals surface area contributed by atoms with Gasteiger partial charge in [0.15, 0.2) is 0 Å². The first-order valence-electron chi connectivity index (χ1n) is 7.79. The minimum atomic E-state index is 0.0295. The Bertz CT molecular complexity index is 577. The fourth-order valence-electron chi connectivity index (χ4n) is 2.60. The molecule has 1 amide bonds. The van der Waals surface area contributed by atoms with Gasteiger partial charge in [0.2, 0.25) is 5.91 Å². The molecule has 114 valence electrons. The van der Waals surface area contributed by atoms with Crippen molar-refractivity contribution < 1.29 is 4.79 Å². The highest BCUT2D eigenvalue weighted by atomic mass is 16.1. The highest BCUT2D eigenvalue weighted by Gasteiger charge is 2.15. The Kier molecular flexibility index (Phi) is 5.96. The molecule has 2 aromatic rings. The van der Waals surface area contributed by atoms with Crippen LogP contribution in [0.4, 0.5) is 0 Å². The predicted molar refractivity (Wildman–Crippen MR) is 91.8 cm³/mol. The summed E-state index contributed by atoms with van der Waals surface area (Å²) in [5, 5.41) is 3.07. The molecule has 0 saturated heterocycles. The van der Waals surface area contributed by atoms with Crippen LogP contribution in [0.3, 0.4) is 0 Å². The molecule has 0 fully saturated rings. The Morgan fingerprint density at radius 3 is 1.91 bits per heavy atom. The third kappa shape index (κ3) is 4.08. The minimum absolute atomic E-state index is 0.0295. The van der Waals surface area contributed by atoms with Crippen molar-refractivity contribution >= 4 is 5.91 Å². The van der Waals surface area contributed by atoms with Gasteiger partial charge in [0.25, 0.3) is 0 Å². The van der Waals surface area contributed by atoms with Crippen molar-refractivity contribution in [2.24, 2.45) is 0 Å². The monoisotopic (exact) mass is 293 g/mol. The zero-order valence-corrected chi connectivity index (χ0v) is 13.3. The van der Waals surface area contributed by atoms with Crippen LogP contribution in [0, 0.1) is 0 Å². The number of rotatable bonds is 6. The highest BCUT2D eigenvalue weighted by Crippen LogP contribution is 2.23. The van der Waals surface area contributed by atoms with Crippen LogP contribution in [0.15, 0.2) is 72.3 Å². The second-order valence-electron chi connectivity index (χ2n) is 5.25. The largest absolute Gasteiger partial charge is 0.351 e. The molecule has 1 N–H and O–H groups in total. The molecule has 0 atom stereocenters. The van der Waals surface area contributed by atoms with Crippen LogP contribution in [0.1, 0.15) is 37.3 Å². The van der Waals surface area contributed by atoms with Crippen LogP contribution in [-0.4, -0.2) is 12.5 Å². The van der Waals surface area contributed by atoms with E-state index in [-0.39, 0.29) is 11.8 Å². The van der Waals surface area contributed by atoms with Gasteiger partial charge in [0.1, 0.15) is 0 Å². The van der Waals surface area contributed by atoms with Gasteiger partial charge in [-0.05, 0) is 24.5 Å². The number of carbonyl (C=O) groups excluding carboxylic acids is 1. The molecule has 2 nitrogen and oxygen atoms in total. The van der Waals surface area contributed by atoms with Gasteiger partial charge >= 0.3 is 0 Å². The van der Waals surface area contributed by atoms with E-state index < -0.39 is 0 Å². The van der Waals surface area contributed by atoms with Crippen molar-refractivity contribution in [1.82, 2.24) is 5.32 Å². The summed E-state index contributed by atoms with van der Waals surface area (Å²) in [5.74, 6) is 0.197. The highest BCUT2D eigenvalue weighted by molar-refractivity contribution is 5.93. The van der Waals surface area contributed by atoms with E-state index in [1.54, 1.807) is 0 Å². The molecule has 0 aliphatic heterocycles. The first-order valence-corrected chi connectivity index (χ1v) is 7.79. The third-order valence-corrected chi connectivity index (χ3v) is 3.89. The minimum Gasteiger partial charge on any atom is -0.351 e. The van der Waals surface area contributed by atoms with E-state index in [1.807, 2.05) is 56.3 Å². The molecule has 0 spiro atoms. The van der Waals surface area contributed by atoms with Crippen LogP contribution in [0.5, 0.6) is 0 Å². The number of hydrogen-bond acceptors (Lipinski definition) is 1. The number of benzene rings is 2. The standard InChI is InChI=1S/C20H23NO/c1-3-16(4-2)20(22)21-15-19(17-11-7-5-8-12-17)18-13-9-6-10-14-18/h3,5-14,19H,4,15H2,1-2H3,(H,21,22)/b16-3-. The zero-order chi connectivity index (χ0) is 15.8. The van der Waals surface area contributed by atoms with E-state index in [9.17, 15) is 4.79 Å². The zero-order valence-electron chi connectivity index (χ0n) is 13.3. The molecule has 2 rings (SSSR count). The molecule has 22 heavy (non-hydrogen) atoms. The molecule has 0 aromatic heterocycles. The second kappa shape index (κ2) is 8.18. The van der Waals surface area contributed by atoms with Crippen molar-refractivity contribution in [1.29, 1.82) is 0 Å². The van der Waals surface area contributed by atoms with Gasteiger partial charge in [0, 0.05) is 18.0 Å². The Morgan fingerprint density at radius 2 is 1.50 bits per heavy atom. The smallest absolute Gasteiger partial charge is 0.246 e. The molecular weight excluding hydrogens is 270 g/mol. The van der Waals surface area contributed by atoms with Gasteiger partial charge in [-0.1, -0.05) is 73.7 Å². The number of amides is 1. The number of allylic oxidation sites excluding steroid dienone is 1. The summed E-state index contributed by atoms with van der Waals surface area (Å²) in [5.41, 5.74) is 3.26. The van der Waals surface area contributed by atoms with Crippen LogP contribution >= 0.6 is 0 Å². The Balaban J connectivity index is 2.18. The van der Waals surface area contributed by atoms with E-state index in [2.05, 4.69) is 29.6 Å². The van der Waals surface area contributed by atoms with Crippen LogP contribution in [-0.2, 0) is 4.79 Å². The van der Waals surface area contributed by atoms with Crippen LogP contribution in [0.25, 0.3) is 0 Å². The van der Waals surface area contributed by atoms with E-state index in [4.69, 9.17) is 0 Å². The molecule has 2 aromatic carbocycles. The van der Waals surface area contributed by atoms with E-state index in [1.165, 1.54) is 11.1 Å². The van der Waals surface area contributed by atoms with Gasteiger partial charge in [-0.15, -0.1) is 0 Å². The molecule has 0 saturated carbocycles. The fraction of sp³-hybridized carbons (Fsp3) is 0.250. The maximum Gasteiger partial charge on any atom is 0.246 e. The van der Waals surface area contributed by atoms with Crippen molar-refractivity contribution in [3.8, 4) is 0 Å². The SMILES string of the molecule is C/C=C(/CC)C(=O)NCC(c1ccccc1)c1ccccc1. The summed E-state index contributed by atoms with van der Waals surface area (Å²) >= 11 is 0. The normalized spacial score (nSPS) is 11.5. The Morgan fingerprint density at radius 1 is 1.00 bits per heavy atom. The van der Waals surface area contributed by atoms with Crippen LogP contribution in [0.2, 0.25) is 0 Å². The van der Waals surface area contributed by atoms with Crippen LogP contribution < -0.4 is 5.32 Å². The lowest BCUT2D eigenvalue weighted by Crippen LogP contribution is -2.30. The van der Waals surface area contributed by atoms with E-state index in [0.717, 1.165) is 12.0 Å². The van der Waals surface area contributed by atoms with Gasteiger partial charge in [-0.3, -0.25) is 4.79 Å². The third-order valence-electron chi connectivity index (χ3n) is 3.89. The van der Waals surface area contributed by atoms with Crippen molar-refractivity contribution in [3.63, 3.8) is 0 Å². The molecular formula is C20H23NO. The van der Waals surface area contributed by atoms with E-state index in [0.29, 0.717) is 6.54 Å². The molecule has 0 heterocycles. The molecule has 0 bridgehead atoms. The topological polar surface area (TPSA) is 29.1 Å². The lowest BCUT2D eigenvalue weighted by atomic mass is 9.91. The maximum atomic E-state index is 12.2. The second-order valence-corrected chi connectivity index (χ2v) is 5.25. The first kappa shape index (κ1) is 16.0. The molecule has 0 unspecified atom stereocenters. The van der Waals surface area contributed by atoms with Crippen molar-refractivity contribution in [3.05, 3.63) is 83.4 Å². The van der Waals surface area contributed by atoms with Gasteiger partial charge < -0.3 is 5.32 Å². The Labute approximate surface area is 132 Å². The average molecular weight is 293 g/mol. The van der Waals surface area contributed by atoms with Gasteiger partial charge in [0.05, 0.1) is 0 Å². The summed E-state index contributed by atoms with van der Waals surface area (Å²) in [7, 11) is 0. The number of hydrogen-bond donors (Lipinski definition) is 1.